The molecule has 2 aromatic carbocycles. The van der Waals surface area contributed by atoms with E-state index in [-0.39, 0.29) is 52.9 Å². The molecule has 46 heavy (non-hydrogen) atoms. The van der Waals surface area contributed by atoms with Gasteiger partial charge in [-0.05, 0) is 35.4 Å². The Labute approximate surface area is 267 Å². The number of rotatable bonds is 22. The third-order valence-corrected chi connectivity index (χ3v) is 5.33. The third kappa shape index (κ3) is 15.1. The van der Waals surface area contributed by atoms with Crippen LogP contribution in [-0.4, -0.2) is 76.7 Å². The Morgan fingerprint density at radius 3 is 0.870 bits per heavy atom. The lowest BCUT2D eigenvalue weighted by atomic mass is 10.1. The molecule has 0 aliphatic heterocycles. The van der Waals surface area contributed by atoms with Crippen LogP contribution in [0.2, 0.25) is 0 Å². The van der Waals surface area contributed by atoms with E-state index in [0.29, 0.717) is 34.1 Å². The maximum Gasteiger partial charge on any atom is 0.330 e. The minimum atomic E-state index is -0.566. The molecular weight excluding hydrogens is 600 g/mol. The summed E-state index contributed by atoms with van der Waals surface area (Å²) >= 11 is 0. The zero-order valence-electron chi connectivity index (χ0n) is 25.3. The molecule has 0 amide bonds. The van der Waals surface area contributed by atoms with E-state index in [1.807, 2.05) is 0 Å². The molecule has 0 bridgehead atoms. The van der Waals surface area contributed by atoms with Crippen molar-refractivity contribution in [2.75, 3.05) is 52.9 Å². The molecule has 0 atom stereocenters. The molecular formula is C34H36O12. The second-order valence-corrected chi connectivity index (χ2v) is 8.69. The first-order valence-corrected chi connectivity index (χ1v) is 13.9. The Morgan fingerprint density at radius 2 is 0.652 bits per heavy atom. The van der Waals surface area contributed by atoms with Gasteiger partial charge in [0.2, 0.25) is 0 Å². The predicted octanol–water partition coefficient (Wildman–Crippen LogP) is 4.29. The molecule has 0 heterocycles. The number of hydrogen-bond acceptors (Lipinski definition) is 12. The average molecular weight is 637 g/mol. The van der Waals surface area contributed by atoms with E-state index >= 15 is 0 Å². The van der Waals surface area contributed by atoms with Crippen LogP contribution in [0.4, 0.5) is 0 Å². The van der Waals surface area contributed by atoms with Gasteiger partial charge in [-0.25, -0.2) is 19.2 Å². The van der Waals surface area contributed by atoms with Crippen LogP contribution in [0.25, 0.3) is 12.2 Å². The molecule has 2 aromatic rings. The summed E-state index contributed by atoms with van der Waals surface area (Å²) in [5, 5.41) is 0. The Morgan fingerprint density at radius 1 is 0.413 bits per heavy atom. The molecule has 0 aromatic heterocycles. The van der Waals surface area contributed by atoms with Gasteiger partial charge < -0.3 is 37.9 Å². The summed E-state index contributed by atoms with van der Waals surface area (Å²) in [5.41, 5.74) is 1.36. The summed E-state index contributed by atoms with van der Waals surface area (Å²) in [6.45, 7) is 13.7. The number of hydrogen-bond donors (Lipinski definition) is 0. The number of carbonyl (C=O) groups excluding carboxylic acids is 4. The number of benzene rings is 2. The fraction of sp³-hybridized carbons (Fsp3) is 0.235. The van der Waals surface area contributed by atoms with Gasteiger partial charge in [0.05, 0.1) is 0 Å². The van der Waals surface area contributed by atoms with Crippen molar-refractivity contribution >= 4 is 36.0 Å². The highest BCUT2D eigenvalue weighted by atomic mass is 16.6. The molecule has 0 saturated heterocycles. The largest absolute Gasteiger partial charge is 0.490 e. The molecule has 12 nitrogen and oxygen atoms in total. The van der Waals surface area contributed by atoms with Crippen molar-refractivity contribution in [1.82, 2.24) is 0 Å². The summed E-state index contributed by atoms with van der Waals surface area (Å²) in [4.78, 5) is 45.2. The first-order chi connectivity index (χ1) is 22.3. The van der Waals surface area contributed by atoms with E-state index in [1.165, 1.54) is 0 Å². The summed E-state index contributed by atoms with van der Waals surface area (Å²) in [6, 6.07) is 10.3. The van der Waals surface area contributed by atoms with Gasteiger partial charge in [0.15, 0.2) is 0 Å². The molecule has 0 aliphatic carbocycles. The lowest BCUT2D eigenvalue weighted by molar-refractivity contribution is -0.139. The standard InChI is InChI=1S/C34H36O12/c1-5-31(35)43-15-11-39-27-19-25(20-28(23-27)40-12-16-44-32(36)6-2)9-10-26-21-29(41-13-17-45-33(37)7-3)24-30(22-26)42-14-18-46-34(38)8-4/h5-10,19-24H,1-4,11-18H2/b10-9+. The van der Waals surface area contributed by atoms with E-state index in [9.17, 15) is 19.2 Å². The number of esters is 4. The van der Waals surface area contributed by atoms with Gasteiger partial charge in [0.1, 0.15) is 75.9 Å². The highest BCUT2D eigenvalue weighted by molar-refractivity contribution is 5.82. The molecule has 2 rings (SSSR count). The van der Waals surface area contributed by atoms with E-state index in [0.717, 1.165) is 24.3 Å². The van der Waals surface area contributed by atoms with E-state index in [1.54, 1.807) is 48.6 Å². The van der Waals surface area contributed by atoms with Gasteiger partial charge in [-0.15, -0.1) is 0 Å². The van der Waals surface area contributed by atoms with Crippen LogP contribution in [-0.2, 0) is 38.1 Å². The maximum atomic E-state index is 11.3. The lowest BCUT2D eigenvalue weighted by Gasteiger charge is -2.12. The highest BCUT2D eigenvalue weighted by Gasteiger charge is 2.07. The van der Waals surface area contributed by atoms with Gasteiger partial charge >= 0.3 is 23.9 Å². The van der Waals surface area contributed by atoms with Gasteiger partial charge in [0.25, 0.3) is 0 Å². The van der Waals surface area contributed by atoms with Crippen LogP contribution in [0.5, 0.6) is 23.0 Å². The normalized spacial score (nSPS) is 10.2. The third-order valence-electron chi connectivity index (χ3n) is 5.33. The van der Waals surface area contributed by atoms with Crippen LogP contribution < -0.4 is 18.9 Å². The smallest absolute Gasteiger partial charge is 0.330 e. The van der Waals surface area contributed by atoms with Crippen molar-refractivity contribution in [3.8, 4) is 23.0 Å². The van der Waals surface area contributed by atoms with Gasteiger partial charge in [-0.1, -0.05) is 38.5 Å². The van der Waals surface area contributed by atoms with Crippen LogP contribution in [0, 0.1) is 0 Å². The Bertz CT molecular complexity index is 1210. The maximum absolute atomic E-state index is 11.3. The number of carbonyl (C=O) groups is 4. The Kier molecular flexibility index (Phi) is 16.6. The minimum absolute atomic E-state index is 0.00770. The monoisotopic (exact) mass is 636 g/mol. The zero-order valence-corrected chi connectivity index (χ0v) is 25.3. The molecule has 0 saturated carbocycles. The van der Waals surface area contributed by atoms with Gasteiger partial charge in [-0.3, -0.25) is 0 Å². The Balaban J connectivity index is 2.24. The summed E-state index contributed by atoms with van der Waals surface area (Å²) in [7, 11) is 0. The summed E-state index contributed by atoms with van der Waals surface area (Å²) in [5.74, 6) is -0.546. The van der Waals surface area contributed by atoms with Gasteiger partial charge in [0, 0.05) is 36.4 Å². The Hall–Kier alpha value is -5.78. The van der Waals surface area contributed by atoms with Crippen LogP contribution >= 0.6 is 0 Å². The fourth-order valence-corrected chi connectivity index (χ4v) is 3.35. The molecule has 0 aliphatic rings. The van der Waals surface area contributed by atoms with E-state index < -0.39 is 23.9 Å². The molecule has 12 heteroatoms. The second kappa shape index (κ2) is 21.0. The average Bonchev–Trinajstić information content (AvgIpc) is 3.07. The SMILES string of the molecule is C=CC(=O)OCCOc1cc(/C=C/c2cc(OCCOC(=O)C=C)cc(OCCOC(=O)C=C)c2)cc(OCCOC(=O)C=C)c1. The van der Waals surface area contributed by atoms with Crippen molar-refractivity contribution in [2.45, 2.75) is 0 Å². The molecule has 244 valence electrons. The van der Waals surface area contributed by atoms with Crippen molar-refractivity contribution in [3.63, 3.8) is 0 Å². The van der Waals surface area contributed by atoms with Crippen molar-refractivity contribution in [2.24, 2.45) is 0 Å². The highest BCUT2D eigenvalue weighted by Crippen LogP contribution is 2.27. The van der Waals surface area contributed by atoms with Crippen LogP contribution in [0.15, 0.2) is 87.0 Å². The predicted molar refractivity (Wildman–Crippen MR) is 168 cm³/mol. The van der Waals surface area contributed by atoms with Crippen molar-refractivity contribution < 1.29 is 57.1 Å². The lowest BCUT2D eigenvalue weighted by Crippen LogP contribution is -2.11. The molecule has 0 spiro atoms. The van der Waals surface area contributed by atoms with Crippen molar-refractivity contribution in [3.05, 3.63) is 98.1 Å². The topological polar surface area (TPSA) is 142 Å². The summed E-state index contributed by atoms with van der Waals surface area (Å²) in [6.07, 6.45) is 7.81. The zero-order chi connectivity index (χ0) is 33.6. The molecule has 0 fully saturated rings. The molecule has 0 N–H and O–H groups in total. The number of ether oxygens (including phenoxy) is 8. The van der Waals surface area contributed by atoms with Crippen LogP contribution in [0.1, 0.15) is 11.1 Å². The first kappa shape index (κ1) is 36.4. The van der Waals surface area contributed by atoms with Gasteiger partial charge in [-0.2, -0.15) is 0 Å². The minimum Gasteiger partial charge on any atom is -0.490 e. The van der Waals surface area contributed by atoms with Crippen molar-refractivity contribution in [1.29, 1.82) is 0 Å². The van der Waals surface area contributed by atoms with E-state index in [4.69, 9.17) is 37.9 Å². The first-order valence-electron chi connectivity index (χ1n) is 13.9. The van der Waals surface area contributed by atoms with E-state index in [2.05, 4.69) is 26.3 Å². The van der Waals surface area contributed by atoms with Crippen LogP contribution in [0.3, 0.4) is 0 Å². The fourth-order valence-electron chi connectivity index (χ4n) is 3.35. The quantitative estimate of drug-likeness (QED) is 0.0598. The summed E-state index contributed by atoms with van der Waals surface area (Å²) < 4.78 is 42.8. The molecule has 0 unspecified atom stereocenters. The second-order valence-electron chi connectivity index (χ2n) is 8.69. The molecule has 0 radical (unpaired) electrons.